The molecule has 0 bridgehead atoms. The number of carbonyl (C=O) groups excluding carboxylic acids is 2. The Kier molecular flexibility index (Phi) is 5.74. The first kappa shape index (κ1) is 24.6. The lowest BCUT2D eigenvalue weighted by Crippen LogP contribution is -2.48. The van der Waals surface area contributed by atoms with Gasteiger partial charge in [0.1, 0.15) is 16.8 Å². The number of fused-ring (bicyclic) bond motifs is 3. The molecule has 0 spiro atoms. The van der Waals surface area contributed by atoms with Crippen LogP contribution in [0.4, 0.5) is 10.1 Å². The van der Waals surface area contributed by atoms with Gasteiger partial charge in [0.25, 0.3) is 5.91 Å². The predicted molar refractivity (Wildman–Crippen MR) is 148 cm³/mol. The number of aromatic nitrogens is 1. The molecule has 3 aliphatic heterocycles. The van der Waals surface area contributed by atoms with Crippen LogP contribution in [0.5, 0.6) is 11.5 Å². The molecule has 4 heterocycles. The summed E-state index contributed by atoms with van der Waals surface area (Å²) >= 11 is 0. The molecule has 0 N–H and O–H groups in total. The number of amides is 2. The summed E-state index contributed by atoms with van der Waals surface area (Å²) in [6.07, 6.45) is 1.57. The second-order valence-electron chi connectivity index (χ2n) is 10.3. The topological polar surface area (TPSA) is 84.3 Å². The third-order valence-electron chi connectivity index (χ3n) is 8.04. The van der Waals surface area contributed by atoms with Gasteiger partial charge in [0.2, 0.25) is 11.3 Å². The van der Waals surface area contributed by atoms with Gasteiger partial charge < -0.3 is 28.7 Å². The predicted octanol–water partition coefficient (Wildman–Crippen LogP) is 3.53. The number of nitrogens with zero attached hydrogens (tertiary/aromatic N) is 4. The van der Waals surface area contributed by atoms with Crippen LogP contribution in [0.25, 0.3) is 27.4 Å². The zero-order valence-electron chi connectivity index (χ0n) is 22.0. The molecule has 0 radical (unpaired) electrons. The first-order chi connectivity index (χ1) is 19.4. The fraction of sp³-hybridized carbons (Fsp3) is 0.300. The van der Waals surface area contributed by atoms with Gasteiger partial charge >= 0.3 is 0 Å². The number of morpholine rings is 1. The number of piperazine rings is 1. The van der Waals surface area contributed by atoms with E-state index in [4.69, 9.17) is 9.47 Å². The number of pyridine rings is 1. The van der Waals surface area contributed by atoms with Crippen molar-refractivity contribution in [2.24, 2.45) is 0 Å². The Hall–Kier alpha value is -4.44. The van der Waals surface area contributed by atoms with Crippen LogP contribution >= 0.6 is 0 Å². The average Bonchev–Trinajstić information content (AvgIpc) is 2.97. The van der Waals surface area contributed by atoms with E-state index in [2.05, 4.69) is 0 Å². The van der Waals surface area contributed by atoms with Crippen molar-refractivity contribution in [3.63, 3.8) is 0 Å². The molecule has 0 saturated carbocycles. The van der Waals surface area contributed by atoms with Crippen LogP contribution in [0.2, 0.25) is 0 Å². The highest BCUT2D eigenvalue weighted by Gasteiger charge is 2.33. The van der Waals surface area contributed by atoms with Gasteiger partial charge in [-0.15, -0.1) is 0 Å². The van der Waals surface area contributed by atoms with E-state index in [9.17, 15) is 14.4 Å². The van der Waals surface area contributed by atoms with Crippen LogP contribution in [-0.4, -0.2) is 78.7 Å². The van der Waals surface area contributed by atoms with Crippen molar-refractivity contribution in [2.75, 3.05) is 57.4 Å². The molecule has 204 valence electrons. The Morgan fingerprint density at radius 1 is 0.900 bits per heavy atom. The van der Waals surface area contributed by atoms with E-state index in [-0.39, 0.29) is 28.3 Å². The normalized spacial score (nSPS) is 16.7. The summed E-state index contributed by atoms with van der Waals surface area (Å²) in [5.74, 6) is -0.309. The molecule has 4 aromatic rings. The number of anilines is 1. The van der Waals surface area contributed by atoms with E-state index in [1.165, 1.54) is 13.0 Å². The summed E-state index contributed by atoms with van der Waals surface area (Å²) < 4.78 is 29.6. The molecule has 2 fully saturated rings. The molecule has 0 unspecified atom stereocenters. The number of carbonyl (C=O) groups is 2. The van der Waals surface area contributed by atoms with Crippen molar-refractivity contribution < 1.29 is 23.5 Å². The van der Waals surface area contributed by atoms with Crippen molar-refractivity contribution in [3.05, 3.63) is 70.3 Å². The molecule has 10 heteroatoms. The van der Waals surface area contributed by atoms with Gasteiger partial charge in [-0.1, -0.05) is 24.3 Å². The van der Waals surface area contributed by atoms with E-state index >= 15 is 4.39 Å². The summed E-state index contributed by atoms with van der Waals surface area (Å²) in [4.78, 5) is 44.4. The number of rotatable bonds is 2. The fourth-order valence-electron chi connectivity index (χ4n) is 5.92. The second-order valence-corrected chi connectivity index (χ2v) is 10.3. The number of benzene rings is 3. The summed E-state index contributed by atoms with van der Waals surface area (Å²) in [5, 5.41) is 1.99. The summed E-state index contributed by atoms with van der Waals surface area (Å²) in [6, 6.07) is 12.9. The molecule has 7 rings (SSSR count). The van der Waals surface area contributed by atoms with Crippen molar-refractivity contribution in [3.8, 4) is 17.2 Å². The van der Waals surface area contributed by atoms with Crippen molar-refractivity contribution in [2.45, 2.75) is 6.92 Å². The Bertz CT molecular complexity index is 1770. The number of hydrogen-bond acceptors (Lipinski definition) is 6. The Morgan fingerprint density at radius 2 is 1.60 bits per heavy atom. The van der Waals surface area contributed by atoms with Gasteiger partial charge in [-0.2, -0.15) is 0 Å². The highest BCUT2D eigenvalue weighted by Crippen LogP contribution is 2.47. The highest BCUT2D eigenvalue weighted by atomic mass is 19.1. The molecule has 9 nitrogen and oxygen atoms in total. The Labute approximate surface area is 228 Å². The van der Waals surface area contributed by atoms with Crippen molar-refractivity contribution in [1.29, 1.82) is 0 Å². The van der Waals surface area contributed by atoms with E-state index in [0.717, 1.165) is 10.8 Å². The molecule has 3 aromatic carbocycles. The van der Waals surface area contributed by atoms with E-state index in [0.29, 0.717) is 69.4 Å². The SMILES string of the molecule is CC(=O)N1CCN(c2c(F)cc3c(=O)c(C(=O)N4CCOCC4)cn4c3c2Oc2cc3ccccc3cc2-4)CC1. The van der Waals surface area contributed by atoms with Gasteiger partial charge in [-0.05, 0) is 29.0 Å². The Morgan fingerprint density at radius 3 is 2.30 bits per heavy atom. The second kappa shape index (κ2) is 9.34. The molecule has 1 aromatic heterocycles. The quantitative estimate of drug-likeness (QED) is 0.340. The standard InChI is InChI=1S/C30H27FN4O5/c1-18(36)32-6-8-33(9-7-32)27-23(31)16-21-26-29(27)40-25-15-20-5-3-2-4-19(20)14-24(25)35(26)17-22(28(21)37)30(38)34-10-12-39-13-11-34/h2-5,14-17H,6-13H2,1H3. The lowest BCUT2D eigenvalue weighted by atomic mass is 10.0. The van der Waals surface area contributed by atoms with E-state index in [1.54, 1.807) is 20.6 Å². The molecule has 3 aliphatic rings. The first-order valence-electron chi connectivity index (χ1n) is 13.4. The molecule has 2 saturated heterocycles. The molecule has 40 heavy (non-hydrogen) atoms. The molecule has 0 atom stereocenters. The van der Waals surface area contributed by atoms with Gasteiger partial charge in [0.05, 0.1) is 24.3 Å². The number of halogens is 1. The first-order valence-corrected chi connectivity index (χ1v) is 13.4. The minimum atomic E-state index is -0.609. The molecule has 2 amide bonds. The summed E-state index contributed by atoms with van der Waals surface area (Å²) in [6.45, 7) is 4.82. The number of hydrogen-bond donors (Lipinski definition) is 0. The molecular formula is C30H27FN4O5. The van der Waals surface area contributed by atoms with Crippen LogP contribution in [0.3, 0.4) is 0 Å². The molecule has 0 aliphatic carbocycles. The van der Waals surface area contributed by atoms with Crippen LogP contribution in [0, 0.1) is 5.82 Å². The van der Waals surface area contributed by atoms with E-state index < -0.39 is 17.2 Å². The third-order valence-corrected chi connectivity index (χ3v) is 8.04. The lowest BCUT2D eigenvalue weighted by Gasteiger charge is -2.37. The largest absolute Gasteiger partial charge is 0.451 e. The van der Waals surface area contributed by atoms with E-state index in [1.807, 2.05) is 41.3 Å². The van der Waals surface area contributed by atoms with Crippen LogP contribution in [0.1, 0.15) is 17.3 Å². The monoisotopic (exact) mass is 542 g/mol. The lowest BCUT2D eigenvalue weighted by molar-refractivity contribution is -0.129. The van der Waals surface area contributed by atoms with Crippen LogP contribution < -0.4 is 15.1 Å². The summed E-state index contributed by atoms with van der Waals surface area (Å²) in [5.41, 5.74) is 0.755. The maximum Gasteiger partial charge on any atom is 0.259 e. The smallest absolute Gasteiger partial charge is 0.259 e. The fourth-order valence-corrected chi connectivity index (χ4v) is 5.92. The van der Waals surface area contributed by atoms with Crippen molar-refractivity contribution >= 4 is 39.2 Å². The van der Waals surface area contributed by atoms with Gasteiger partial charge in [-0.25, -0.2) is 4.39 Å². The zero-order chi connectivity index (χ0) is 27.5. The number of ether oxygens (including phenoxy) is 2. The maximum absolute atomic E-state index is 16.0. The van der Waals surface area contributed by atoms with Gasteiger partial charge in [-0.3, -0.25) is 14.4 Å². The minimum absolute atomic E-state index is 0.0245. The maximum atomic E-state index is 16.0. The van der Waals surface area contributed by atoms with Crippen LogP contribution in [-0.2, 0) is 9.53 Å². The van der Waals surface area contributed by atoms with Gasteiger partial charge in [0.15, 0.2) is 17.3 Å². The Balaban J connectivity index is 1.46. The highest BCUT2D eigenvalue weighted by molar-refractivity contribution is 6.02. The zero-order valence-corrected chi connectivity index (χ0v) is 22.0. The molecular weight excluding hydrogens is 515 g/mol. The van der Waals surface area contributed by atoms with Gasteiger partial charge in [0, 0.05) is 52.4 Å². The summed E-state index contributed by atoms with van der Waals surface area (Å²) in [7, 11) is 0. The van der Waals surface area contributed by atoms with Crippen molar-refractivity contribution in [1.82, 2.24) is 14.4 Å². The van der Waals surface area contributed by atoms with Crippen LogP contribution in [0.15, 0.2) is 53.5 Å². The average molecular weight is 543 g/mol. The minimum Gasteiger partial charge on any atom is -0.451 e. The third kappa shape index (κ3) is 3.82.